The molecule has 2 aromatic rings. The predicted octanol–water partition coefficient (Wildman–Crippen LogP) is 4.24. The third-order valence-electron chi connectivity index (χ3n) is 4.85. The van der Waals surface area contributed by atoms with Crippen LogP contribution in [0.25, 0.3) is 0 Å². The summed E-state index contributed by atoms with van der Waals surface area (Å²) in [5.74, 6) is 0.193. The fourth-order valence-electron chi connectivity index (χ4n) is 3.29. The molecule has 1 amide bonds. The summed E-state index contributed by atoms with van der Waals surface area (Å²) in [6.45, 7) is 2.05. The molecular formula is C21H23ClN2O2. The average Bonchev–Trinajstić information content (AvgIpc) is 2.65. The molecular weight excluding hydrogens is 348 g/mol. The lowest BCUT2D eigenvalue weighted by atomic mass is 9.93. The predicted molar refractivity (Wildman–Crippen MR) is 105 cm³/mol. The van der Waals surface area contributed by atoms with Crippen molar-refractivity contribution in [2.75, 3.05) is 25.5 Å². The van der Waals surface area contributed by atoms with Crippen LogP contribution in [0.15, 0.2) is 48.5 Å². The van der Waals surface area contributed by atoms with Gasteiger partial charge in [0.1, 0.15) is 0 Å². The van der Waals surface area contributed by atoms with Crippen molar-refractivity contribution in [3.05, 3.63) is 64.7 Å². The fourth-order valence-corrected chi connectivity index (χ4v) is 3.46. The van der Waals surface area contributed by atoms with Crippen molar-refractivity contribution in [1.82, 2.24) is 4.90 Å². The molecule has 5 heteroatoms. The van der Waals surface area contributed by atoms with Crippen molar-refractivity contribution < 1.29 is 9.59 Å². The lowest BCUT2D eigenvalue weighted by Gasteiger charge is -2.28. The molecule has 1 aliphatic heterocycles. The molecule has 0 unspecified atom stereocenters. The van der Waals surface area contributed by atoms with Crippen LogP contribution in [0.3, 0.4) is 0 Å². The number of hydrogen-bond acceptors (Lipinski definition) is 3. The molecule has 0 atom stereocenters. The lowest BCUT2D eigenvalue weighted by molar-refractivity contribution is -0.117. The molecule has 3 rings (SSSR count). The van der Waals surface area contributed by atoms with Gasteiger partial charge in [-0.1, -0.05) is 41.9 Å². The number of amides is 1. The van der Waals surface area contributed by atoms with Crippen LogP contribution in [-0.4, -0.2) is 36.7 Å². The van der Waals surface area contributed by atoms with Gasteiger partial charge in [-0.15, -0.1) is 0 Å². The van der Waals surface area contributed by atoms with E-state index in [2.05, 4.69) is 17.3 Å². The van der Waals surface area contributed by atoms with Gasteiger partial charge < -0.3 is 10.2 Å². The molecule has 0 spiro atoms. The van der Waals surface area contributed by atoms with E-state index in [1.165, 1.54) is 0 Å². The Morgan fingerprint density at radius 3 is 2.50 bits per heavy atom. The highest BCUT2D eigenvalue weighted by atomic mass is 35.5. The molecule has 0 radical (unpaired) electrons. The minimum atomic E-state index is -0.150. The van der Waals surface area contributed by atoms with Crippen LogP contribution in [0.4, 0.5) is 5.69 Å². The summed E-state index contributed by atoms with van der Waals surface area (Å²) in [5, 5.41) is 3.38. The maximum absolute atomic E-state index is 12.8. The second kappa shape index (κ2) is 8.47. The smallest absolute Gasteiger partial charge is 0.224 e. The number of nitrogens with zero attached hydrogens (tertiary/aromatic N) is 1. The Morgan fingerprint density at radius 1 is 1.12 bits per heavy atom. The molecule has 4 nitrogen and oxygen atoms in total. The van der Waals surface area contributed by atoms with Crippen molar-refractivity contribution >= 4 is 29.0 Å². The van der Waals surface area contributed by atoms with Crippen molar-refractivity contribution in [3.8, 4) is 0 Å². The molecule has 1 N–H and O–H groups in total. The van der Waals surface area contributed by atoms with E-state index < -0.39 is 0 Å². The normalized spacial score (nSPS) is 15.6. The zero-order chi connectivity index (χ0) is 18.5. The summed E-state index contributed by atoms with van der Waals surface area (Å²) in [4.78, 5) is 27.6. The summed E-state index contributed by atoms with van der Waals surface area (Å²) < 4.78 is 0. The Bertz CT molecular complexity index is 784. The molecule has 0 aromatic heterocycles. The largest absolute Gasteiger partial charge is 0.325 e. The van der Waals surface area contributed by atoms with Crippen molar-refractivity contribution in [2.45, 2.75) is 19.3 Å². The van der Waals surface area contributed by atoms with E-state index in [0.29, 0.717) is 34.2 Å². The van der Waals surface area contributed by atoms with Gasteiger partial charge >= 0.3 is 0 Å². The molecule has 26 heavy (non-hydrogen) atoms. The van der Waals surface area contributed by atoms with Gasteiger partial charge in [0, 0.05) is 22.6 Å². The molecule has 0 bridgehead atoms. The number of ketones is 1. The molecule has 1 fully saturated rings. The Labute approximate surface area is 159 Å². The van der Waals surface area contributed by atoms with Gasteiger partial charge in [0.2, 0.25) is 5.91 Å². The second-order valence-electron chi connectivity index (χ2n) is 6.88. The van der Waals surface area contributed by atoms with Crippen LogP contribution < -0.4 is 5.32 Å². The molecule has 0 saturated carbocycles. The van der Waals surface area contributed by atoms with E-state index in [1.54, 1.807) is 30.3 Å². The fraction of sp³-hybridized carbons (Fsp3) is 0.333. The molecule has 1 saturated heterocycles. The number of hydrogen-bond donors (Lipinski definition) is 1. The Hall–Kier alpha value is -2.17. The van der Waals surface area contributed by atoms with E-state index in [-0.39, 0.29) is 11.7 Å². The molecule has 1 heterocycles. The number of halogens is 1. The maximum Gasteiger partial charge on any atom is 0.224 e. The molecule has 1 aliphatic rings. The lowest BCUT2D eigenvalue weighted by Crippen LogP contribution is -2.32. The Kier molecular flexibility index (Phi) is 6.07. The average molecular weight is 371 g/mol. The van der Waals surface area contributed by atoms with Gasteiger partial charge in [0.25, 0.3) is 0 Å². The zero-order valence-corrected chi connectivity index (χ0v) is 15.6. The van der Waals surface area contributed by atoms with E-state index in [0.717, 1.165) is 25.9 Å². The molecule has 136 valence electrons. The van der Waals surface area contributed by atoms with Crippen LogP contribution in [0.2, 0.25) is 5.02 Å². The van der Waals surface area contributed by atoms with Gasteiger partial charge in [-0.3, -0.25) is 9.59 Å². The van der Waals surface area contributed by atoms with Crippen LogP contribution in [0.1, 0.15) is 35.2 Å². The van der Waals surface area contributed by atoms with Crippen molar-refractivity contribution in [1.29, 1.82) is 0 Å². The number of nitrogens with one attached hydrogen (secondary N) is 1. The van der Waals surface area contributed by atoms with Crippen molar-refractivity contribution in [2.24, 2.45) is 5.92 Å². The Morgan fingerprint density at radius 2 is 1.81 bits per heavy atom. The maximum atomic E-state index is 12.8. The minimum absolute atomic E-state index is 0.0519. The van der Waals surface area contributed by atoms with Crippen LogP contribution in [-0.2, 0) is 4.79 Å². The van der Waals surface area contributed by atoms with E-state index >= 15 is 0 Å². The molecule has 0 aliphatic carbocycles. The first-order valence-electron chi connectivity index (χ1n) is 8.90. The number of carbonyl (C=O) groups excluding carboxylic acids is 2. The number of anilines is 1. The van der Waals surface area contributed by atoms with E-state index in [9.17, 15) is 9.59 Å². The first-order chi connectivity index (χ1) is 12.5. The highest BCUT2D eigenvalue weighted by Gasteiger charge is 2.21. The number of rotatable bonds is 5. The third kappa shape index (κ3) is 4.71. The number of benzene rings is 2. The van der Waals surface area contributed by atoms with Gasteiger partial charge in [0.05, 0.1) is 5.69 Å². The quantitative estimate of drug-likeness (QED) is 0.801. The first-order valence-corrected chi connectivity index (χ1v) is 9.28. The minimum Gasteiger partial charge on any atom is -0.325 e. The molecule has 2 aromatic carbocycles. The number of likely N-dealkylation sites (tertiary alicyclic amines) is 1. The summed E-state index contributed by atoms with van der Waals surface area (Å²) in [6, 6.07) is 14.0. The van der Waals surface area contributed by atoms with Gasteiger partial charge in [-0.05, 0) is 57.1 Å². The highest BCUT2D eigenvalue weighted by molar-refractivity contribution is 6.31. The number of piperidine rings is 1. The standard InChI is InChI=1S/C21H23ClN2O2/c1-24-11-9-15(10-12-24)13-20(25)23-19-8-7-17(22)14-18(19)21(26)16-5-3-2-4-6-16/h2-8,14-15H,9-13H2,1H3,(H,23,25). The zero-order valence-electron chi connectivity index (χ0n) is 14.9. The van der Waals surface area contributed by atoms with Crippen LogP contribution in [0.5, 0.6) is 0 Å². The summed E-state index contributed by atoms with van der Waals surface area (Å²) in [5.41, 5.74) is 1.50. The van der Waals surface area contributed by atoms with E-state index in [4.69, 9.17) is 11.6 Å². The highest BCUT2D eigenvalue weighted by Crippen LogP contribution is 2.25. The van der Waals surface area contributed by atoms with Gasteiger partial charge in [0.15, 0.2) is 5.78 Å². The van der Waals surface area contributed by atoms with Crippen LogP contribution in [0, 0.1) is 5.92 Å². The Balaban J connectivity index is 1.73. The topological polar surface area (TPSA) is 49.4 Å². The summed E-state index contributed by atoms with van der Waals surface area (Å²) in [6.07, 6.45) is 2.54. The van der Waals surface area contributed by atoms with E-state index in [1.807, 2.05) is 18.2 Å². The monoisotopic (exact) mass is 370 g/mol. The van der Waals surface area contributed by atoms with Crippen molar-refractivity contribution in [3.63, 3.8) is 0 Å². The second-order valence-corrected chi connectivity index (χ2v) is 7.32. The summed E-state index contributed by atoms with van der Waals surface area (Å²) in [7, 11) is 2.10. The summed E-state index contributed by atoms with van der Waals surface area (Å²) >= 11 is 6.08. The number of carbonyl (C=O) groups is 2. The SMILES string of the molecule is CN1CCC(CC(=O)Nc2ccc(Cl)cc2C(=O)c2ccccc2)CC1. The third-order valence-corrected chi connectivity index (χ3v) is 5.08. The van der Waals surface area contributed by atoms with Crippen LogP contribution >= 0.6 is 11.6 Å². The van der Waals surface area contributed by atoms with Gasteiger partial charge in [-0.25, -0.2) is 0 Å². The van der Waals surface area contributed by atoms with Gasteiger partial charge in [-0.2, -0.15) is 0 Å². The first kappa shape index (κ1) is 18.6.